The van der Waals surface area contributed by atoms with E-state index in [0.29, 0.717) is 27.2 Å². The first kappa shape index (κ1) is 18.7. The van der Waals surface area contributed by atoms with E-state index < -0.39 is 23.4 Å². The second kappa shape index (κ2) is 7.67. The third-order valence-electron chi connectivity index (χ3n) is 3.82. The summed E-state index contributed by atoms with van der Waals surface area (Å²) < 4.78 is 26.0. The molecule has 0 radical (unpaired) electrons. The molecule has 2 amide bonds. The van der Waals surface area contributed by atoms with Crippen LogP contribution in [0, 0.1) is 18.6 Å². The van der Waals surface area contributed by atoms with Gasteiger partial charge in [-0.25, -0.2) is 8.78 Å². The zero-order chi connectivity index (χ0) is 19.6. The van der Waals surface area contributed by atoms with Crippen LogP contribution in [0.5, 0.6) is 0 Å². The van der Waals surface area contributed by atoms with Gasteiger partial charge in [-0.1, -0.05) is 11.6 Å². The Labute approximate surface area is 158 Å². The zero-order valence-corrected chi connectivity index (χ0v) is 14.9. The summed E-state index contributed by atoms with van der Waals surface area (Å²) in [6.07, 6.45) is 0. The molecule has 1 heterocycles. The van der Waals surface area contributed by atoms with Crippen molar-refractivity contribution in [1.82, 2.24) is 10.3 Å². The molecule has 2 aromatic carbocycles. The van der Waals surface area contributed by atoms with Crippen LogP contribution in [0.4, 0.5) is 14.5 Å². The highest BCUT2D eigenvalue weighted by Crippen LogP contribution is 2.20. The van der Waals surface area contributed by atoms with Crippen LogP contribution in [0.3, 0.4) is 0 Å². The van der Waals surface area contributed by atoms with E-state index in [9.17, 15) is 18.4 Å². The molecule has 5 nitrogen and oxygen atoms in total. The molecule has 138 valence electrons. The lowest BCUT2D eigenvalue weighted by atomic mass is 10.1. The predicted octanol–water partition coefficient (Wildman–Crippen LogP) is 3.84. The number of pyridine rings is 1. The van der Waals surface area contributed by atoms with Gasteiger partial charge in [-0.15, -0.1) is 0 Å². The number of aryl methyl sites for hydroxylation is 1. The lowest BCUT2D eigenvalue weighted by Crippen LogP contribution is -2.33. The lowest BCUT2D eigenvalue weighted by molar-refractivity contribution is -0.115. The summed E-state index contributed by atoms with van der Waals surface area (Å²) in [5, 5.41) is 6.07. The third-order valence-corrected chi connectivity index (χ3v) is 4.06. The summed E-state index contributed by atoms with van der Waals surface area (Å²) in [5.74, 6) is -3.15. The average Bonchev–Trinajstić information content (AvgIpc) is 2.62. The van der Waals surface area contributed by atoms with Crippen LogP contribution in [-0.4, -0.2) is 23.3 Å². The molecule has 0 unspecified atom stereocenters. The van der Waals surface area contributed by atoms with E-state index in [0.717, 1.165) is 12.1 Å². The van der Waals surface area contributed by atoms with E-state index >= 15 is 0 Å². The van der Waals surface area contributed by atoms with E-state index in [1.165, 1.54) is 6.07 Å². The quantitative estimate of drug-likeness (QED) is 0.712. The summed E-state index contributed by atoms with van der Waals surface area (Å²) in [4.78, 5) is 28.6. The first-order valence-electron chi connectivity index (χ1n) is 7.93. The number of nitrogens with one attached hydrogen (secondary N) is 2. The summed E-state index contributed by atoms with van der Waals surface area (Å²) in [6.45, 7) is 1.34. The minimum Gasteiger partial charge on any atom is -0.343 e. The maximum Gasteiger partial charge on any atom is 0.253 e. The molecule has 0 spiro atoms. The first-order valence-corrected chi connectivity index (χ1v) is 8.31. The van der Waals surface area contributed by atoms with Gasteiger partial charge in [0.15, 0.2) is 11.6 Å². The summed E-state index contributed by atoms with van der Waals surface area (Å²) >= 11 is 5.96. The molecular weight excluding hydrogens is 376 g/mol. The van der Waals surface area contributed by atoms with Crippen LogP contribution in [-0.2, 0) is 4.79 Å². The van der Waals surface area contributed by atoms with Crippen molar-refractivity contribution in [3.63, 3.8) is 0 Å². The molecular formula is C19H14ClF2N3O2. The number of carbonyl (C=O) groups excluding carboxylic acids is 2. The van der Waals surface area contributed by atoms with Gasteiger partial charge in [0.1, 0.15) is 0 Å². The van der Waals surface area contributed by atoms with Gasteiger partial charge < -0.3 is 10.6 Å². The van der Waals surface area contributed by atoms with Crippen LogP contribution < -0.4 is 10.6 Å². The minimum absolute atomic E-state index is 0.0892. The Hall–Kier alpha value is -3.06. The van der Waals surface area contributed by atoms with Gasteiger partial charge >= 0.3 is 0 Å². The van der Waals surface area contributed by atoms with Crippen LogP contribution in [0.25, 0.3) is 10.9 Å². The number of hydrogen-bond acceptors (Lipinski definition) is 3. The zero-order valence-electron chi connectivity index (χ0n) is 14.1. The van der Waals surface area contributed by atoms with Crippen LogP contribution in [0.15, 0.2) is 42.5 Å². The van der Waals surface area contributed by atoms with Crippen LogP contribution in [0.1, 0.15) is 16.1 Å². The van der Waals surface area contributed by atoms with Crippen LogP contribution in [0.2, 0.25) is 5.02 Å². The van der Waals surface area contributed by atoms with Crippen molar-refractivity contribution in [3.8, 4) is 0 Å². The summed E-state index contributed by atoms with van der Waals surface area (Å²) in [6, 6.07) is 9.77. The predicted molar refractivity (Wildman–Crippen MR) is 98.8 cm³/mol. The smallest absolute Gasteiger partial charge is 0.253 e. The van der Waals surface area contributed by atoms with Crippen LogP contribution >= 0.6 is 11.6 Å². The number of hydrogen-bond donors (Lipinski definition) is 2. The second-order valence-electron chi connectivity index (χ2n) is 5.82. The Balaban J connectivity index is 1.68. The number of fused-ring (bicyclic) bond motifs is 1. The molecule has 2 N–H and O–H groups in total. The van der Waals surface area contributed by atoms with Gasteiger partial charge in [0.05, 0.1) is 23.3 Å². The lowest BCUT2D eigenvalue weighted by Gasteiger charge is -2.10. The summed E-state index contributed by atoms with van der Waals surface area (Å²) in [7, 11) is 0. The fraction of sp³-hybridized carbons (Fsp3) is 0.105. The minimum atomic E-state index is -1.08. The van der Waals surface area contributed by atoms with Crippen molar-refractivity contribution in [2.75, 3.05) is 11.9 Å². The van der Waals surface area contributed by atoms with E-state index in [-0.39, 0.29) is 12.2 Å². The van der Waals surface area contributed by atoms with Crippen molar-refractivity contribution in [2.24, 2.45) is 0 Å². The molecule has 0 fully saturated rings. The van der Waals surface area contributed by atoms with Gasteiger partial charge in [0, 0.05) is 22.2 Å². The highest BCUT2D eigenvalue weighted by atomic mass is 35.5. The summed E-state index contributed by atoms with van der Waals surface area (Å²) in [5.41, 5.74) is 1.60. The molecule has 0 aliphatic rings. The van der Waals surface area contributed by atoms with E-state index in [2.05, 4.69) is 15.6 Å². The molecule has 0 aliphatic carbocycles. The standard InChI is InChI=1S/C19H14ClF2N3O2/c1-10-14(7-11-6-12(20)2-5-17(11)24-10)19(27)23-9-18(26)25-13-3-4-15(21)16(22)8-13/h2-8H,9H2,1H3,(H,23,27)(H,25,26). The molecule has 8 heteroatoms. The second-order valence-corrected chi connectivity index (χ2v) is 6.25. The van der Waals surface area contributed by atoms with E-state index in [1.807, 2.05) is 0 Å². The Morgan fingerprint density at radius 3 is 2.59 bits per heavy atom. The van der Waals surface area contributed by atoms with Gasteiger partial charge in [-0.2, -0.15) is 0 Å². The number of aromatic nitrogens is 1. The number of halogens is 3. The van der Waals surface area contributed by atoms with Crippen molar-refractivity contribution < 1.29 is 18.4 Å². The van der Waals surface area contributed by atoms with Gasteiger partial charge in [-0.05, 0) is 43.3 Å². The van der Waals surface area contributed by atoms with Crippen molar-refractivity contribution in [1.29, 1.82) is 0 Å². The fourth-order valence-corrected chi connectivity index (χ4v) is 2.69. The molecule has 3 aromatic rings. The Kier molecular flexibility index (Phi) is 5.32. The molecule has 0 aliphatic heterocycles. The average molecular weight is 390 g/mol. The monoisotopic (exact) mass is 389 g/mol. The third kappa shape index (κ3) is 4.38. The van der Waals surface area contributed by atoms with Crippen molar-refractivity contribution in [2.45, 2.75) is 6.92 Å². The number of benzene rings is 2. The fourth-order valence-electron chi connectivity index (χ4n) is 2.51. The maximum absolute atomic E-state index is 13.2. The number of carbonyl (C=O) groups is 2. The number of nitrogens with zero attached hydrogens (tertiary/aromatic N) is 1. The molecule has 3 rings (SSSR count). The molecule has 0 atom stereocenters. The first-order chi connectivity index (χ1) is 12.8. The Bertz CT molecular complexity index is 1060. The SMILES string of the molecule is Cc1nc2ccc(Cl)cc2cc1C(=O)NCC(=O)Nc1ccc(F)c(F)c1. The number of amides is 2. The maximum atomic E-state index is 13.2. The molecule has 0 bridgehead atoms. The van der Waals surface area contributed by atoms with Gasteiger partial charge in [0.25, 0.3) is 5.91 Å². The highest BCUT2D eigenvalue weighted by molar-refractivity contribution is 6.31. The Morgan fingerprint density at radius 2 is 1.85 bits per heavy atom. The molecule has 1 aromatic heterocycles. The molecule has 27 heavy (non-hydrogen) atoms. The van der Waals surface area contributed by atoms with Gasteiger partial charge in [-0.3, -0.25) is 14.6 Å². The largest absolute Gasteiger partial charge is 0.343 e. The van der Waals surface area contributed by atoms with Crippen molar-refractivity contribution >= 4 is 40.0 Å². The van der Waals surface area contributed by atoms with Gasteiger partial charge in [0.2, 0.25) is 5.91 Å². The van der Waals surface area contributed by atoms with Crippen molar-refractivity contribution in [3.05, 3.63) is 70.4 Å². The molecule has 0 saturated heterocycles. The highest BCUT2D eigenvalue weighted by Gasteiger charge is 2.14. The van der Waals surface area contributed by atoms with E-state index in [1.54, 1.807) is 31.2 Å². The Morgan fingerprint density at radius 1 is 1.07 bits per heavy atom. The number of rotatable bonds is 4. The van der Waals surface area contributed by atoms with E-state index in [4.69, 9.17) is 11.6 Å². The normalized spacial score (nSPS) is 10.7. The topological polar surface area (TPSA) is 71.1 Å². The molecule has 0 saturated carbocycles. The number of anilines is 1.